The van der Waals surface area contributed by atoms with Crippen molar-refractivity contribution in [1.29, 1.82) is 0 Å². The van der Waals surface area contributed by atoms with E-state index < -0.39 is 0 Å². The lowest BCUT2D eigenvalue weighted by Crippen LogP contribution is -2.29. The molecule has 0 aliphatic rings. The van der Waals surface area contributed by atoms with Crippen molar-refractivity contribution in [2.24, 2.45) is 0 Å². The number of aromatic nitrogens is 3. The molecular weight excluding hydrogens is 354 g/mol. The quantitative estimate of drug-likeness (QED) is 0.448. The average molecular weight is 369 g/mol. The molecule has 6 nitrogen and oxygen atoms in total. The van der Waals surface area contributed by atoms with E-state index in [1.54, 1.807) is 54.3 Å². The maximum atomic E-state index is 13.4. The number of ether oxygens (including phenoxy) is 1. The van der Waals surface area contributed by atoms with Gasteiger partial charge in [0.25, 0.3) is 5.56 Å². The largest absolute Gasteiger partial charge is 0.494 e. The highest BCUT2D eigenvalue weighted by Crippen LogP contribution is 2.26. The van der Waals surface area contributed by atoms with Gasteiger partial charge in [0.2, 0.25) is 11.1 Å². The molecule has 0 saturated carbocycles. The summed E-state index contributed by atoms with van der Waals surface area (Å²) in [5, 5.41) is 0.878. The van der Waals surface area contributed by atoms with Gasteiger partial charge in [-0.05, 0) is 36.4 Å². The monoisotopic (exact) mass is 369 g/mol. The van der Waals surface area contributed by atoms with Crippen LogP contribution >= 0.6 is 0 Å². The Labute approximate surface area is 158 Å². The molecule has 0 saturated heterocycles. The molecule has 0 aliphatic heterocycles. The maximum Gasteiger partial charge on any atom is 0.281 e. The van der Waals surface area contributed by atoms with Gasteiger partial charge in [0.15, 0.2) is 0 Å². The molecule has 3 aromatic carbocycles. The number of para-hydroxylation sites is 3. The van der Waals surface area contributed by atoms with Gasteiger partial charge in [-0.25, -0.2) is 9.67 Å². The molecule has 0 spiro atoms. The second kappa shape index (κ2) is 6.06. The van der Waals surface area contributed by atoms with Crippen molar-refractivity contribution in [3.63, 3.8) is 0 Å². The van der Waals surface area contributed by atoms with Crippen molar-refractivity contribution in [3.05, 3.63) is 93.4 Å². The van der Waals surface area contributed by atoms with Crippen molar-refractivity contribution >= 4 is 27.5 Å². The van der Waals surface area contributed by atoms with Crippen molar-refractivity contribution in [3.8, 4) is 11.4 Å². The van der Waals surface area contributed by atoms with Gasteiger partial charge in [-0.2, -0.15) is 4.52 Å². The van der Waals surface area contributed by atoms with E-state index in [0.717, 1.165) is 5.69 Å². The molecule has 28 heavy (non-hydrogen) atoms. The van der Waals surface area contributed by atoms with Gasteiger partial charge in [-0.15, -0.1) is 0 Å². The zero-order valence-electron chi connectivity index (χ0n) is 15.0. The molecule has 5 rings (SSSR count). The number of benzene rings is 3. The Balaban J connectivity index is 2.17. The minimum absolute atomic E-state index is 0.0771. The lowest BCUT2D eigenvalue weighted by atomic mass is 10.2. The van der Waals surface area contributed by atoms with Crippen LogP contribution in [0.2, 0.25) is 0 Å². The molecule has 0 N–H and O–H groups in total. The minimum Gasteiger partial charge on any atom is -0.494 e. The zero-order valence-corrected chi connectivity index (χ0v) is 15.0. The van der Waals surface area contributed by atoms with Crippen LogP contribution in [0.4, 0.5) is 0 Å². The summed E-state index contributed by atoms with van der Waals surface area (Å²) in [6, 6.07) is 21.7. The molecule has 2 heterocycles. The Morgan fingerprint density at radius 3 is 2.32 bits per heavy atom. The first-order valence-corrected chi connectivity index (χ1v) is 8.79. The van der Waals surface area contributed by atoms with Crippen LogP contribution in [0.3, 0.4) is 0 Å². The van der Waals surface area contributed by atoms with Crippen molar-refractivity contribution in [2.75, 3.05) is 7.11 Å². The average Bonchev–Trinajstić information content (AvgIpc) is 2.75. The van der Waals surface area contributed by atoms with Crippen molar-refractivity contribution in [1.82, 2.24) is 14.2 Å². The second-order valence-corrected chi connectivity index (χ2v) is 6.40. The summed E-state index contributed by atoms with van der Waals surface area (Å²) >= 11 is 0. The molecule has 0 fully saturated rings. The first-order chi connectivity index (χ1) is 13.7. The van der Waals surface area contributed by atoms with E-state index in [1.807, 2.05) is 30.3 Å². The van der Waals surface area contributed by atoms with Crippen LogP contribution in [0, 0.1) is 0 Å². The third kappa shape index (κ3) is 2.18. The van der Waals surface area contributed by atoms with E-state index in [4.69, 9.17) is 4.74 Å². The van der Waals surface area contributed by atoms with Crippen LogP contribution in [0.25, 0.3) is 33.1 Å². The van der Waals surface area contributed by atoms with E-state index in [0.29, 0.717) is 27.6 Å². The molecule has 0 aliphatic carbocycles. The van der Waals surface area contributed by atoms with E-state index in [1.165, 1.54) is 4.52 Å². The fraction of sp³-hybridized carbons (Fsp3) is 0.0455. The third-order valence-corrected chi connectivity index (χ3v) is 4.83. The highest BCUT2D eigenvalue weighted by molar-refractivity contribution is 5.89. The number of nitrogens with zero attached hydrogens (tertiary/aromatic N) is 3. The molecule has 0 unspecified atom stereocenters. The number of hydrogen-bond donors (Lipinski definition) is 0. The zero-order chi connectivity index (χ0) is 19.3. The summed E-state index contributed by atoms with van der Waals surface area (Å²) in [6.45, 7) is 0. The summed E-state index contributed by atoms with van der Waals surface area (Å²) < 4.78 is 8.56. The number of rotatable bonds is 2. The molecule has 0 radical (unpaired) electrons. The summed E-state index contributed by atoms with van der Waals surface area (Å²) in [4.78, 5) is 31.2. The Bertz CT molecular complexity index is 1480. The molecule has 0 amide bonds. The minimum atomic E-state index is -0.316. The third-order valence-electron chi connectivity index (χ3n) is 4.83. The first-order valence-electron chi connectivity index (χ1n) is 8.79. The standard InChI is InChI=1S/C22H15N3O3/c1-28-18-13-7-11-16-19(18)24(14-8-3-2-4-9-14)25-21(20(16)26)23-17-12-6-5-10-15(17)22(25)27/h2-13H,1H3. The van der Waals surface area contributed by atoms with Gasteiger partial charge in [0.05, 0.1) is 29.1 Å². The Morgan fingerprint density at radius 2 is 1.54 bits per heavy atom. The highest BCUT2D eigenvalue weighted by atomic mass is 16.5. The topological polar surface area (TPSA) is 65.6 Å². The molecule has 136 valence electrons. The normalized spacial score (nSPS) is 11.3. The Hall–Kier alpha value is -3.93. The van der Waals surface area contributed by atoms with Gasteiger partial charge >= 0.3 is 0 Å². The van der Waals surface area contributed by atoms with Gasteiger partial charge < -0.3 is 4.74 Å². The molecular formula is C22H15N3O3. The van der Waals surface area contributed by atoms with Gasteiger partial charge in [0.1, 0.15) is 11.3 Å². The van der Waals surface area contributed by atoms with E-state index >= 15 is 0 Å². The molecule has 6 heteroatoms. The molecule has 0 bridgehead atoms. The summed E-state index contributed by atoms with van der Waals surface area (Å²) in [5.41, 5.74) is 1.19. The fourth-order valence-corrected chi connectivity index (χ4v) is 3.58. The molecule has 2 aromatic heterocycles. The predicted octanol–water partition coefficient (Wildman–Crippen LogP) is 3.16. The van der Waals surface area contributed by atoms with Crippen molar-refractivity contribution < 1.29 is 4.74 Å². The van der Waals surface area contributed by atoms with Crippen LogP contribution in [-0.2, 0) is 0 Å². The van der Waals surface area contributed by atoms with E-state index in [2.05, 4.69) is 4.98 Å². The lowest BCUT2D eigenvalue weighted by Gasteiger charge is -2.18. The van der Waals surface area contributed by atoms with E-state index in [9.17, 15) is 9.59 Å². The van der Waals surface area contributed by atoms with Crippen LogP contribution in [-0.4, -0.2) is 21.3 Å². The van der Waals surface area contributed by atoms with Gasteiger partial charge in [-0.3, -0.25) is 9.59 Å². The number of fused-ring (bicyclic) bond motifs is 3. The SMILES string of the molecule is COc1cccc2c(=O)c3nc4ccccc4c(=O)n3n(-c3ccccc3)c12. The molecule has 0 atom stereocenters. The second-order valence-electron chi connectivity index (χ2n) is 6.40. The smallest absolute Gasteiger partial charge is 0.281 e. The molecule has 5 aromatic rings. The van der Waals surface area contributed by atoms with Crippen LogP contribution in [0.1, 0.15) is 0 Å². The van der Waals surface area contributed by atoms with Gasteiger partial charge in [0, 0.05) is 0 Å². The van der Waals surface area contributed by atoms with Gasteiger partial charge in [-0.1, -0.05) is 36.4 Å². The number of methoxy groups -OCH3 is 1. The summed E-state index contributed by atoms with van der Waals surface area (Å²) in [7, 11) is 1.54. The summed E-state index contributed by atoms with van der Waals surface area (Å²) in [6.07, 6.45) is 0. The van der Waals surface area contributed by atoms with Crippen LogP contribution in [0.15, 0.2) is 82.4 Å². The fourth-order valence-electron chi connectivity index (χ4n) is 3.58. The highest BCUT2D eigenvalue weighted by Gasteiger charge is 2.19. The van der Waals surface area contributed by atoms with Crippen LogP contribution < -0.4 is 15.7 Å². The lowest BCUT2D eigenvalue weighted by molar-refractivity contribution is 0.417. The Morgan fingerprint density at radius 1 is 0.821 bits per heavy atom. The Kier molecular flexibility index (Phi) is 3.52. The summed E-state index contributed by atoms with van der Waals surface area (Å²) in [5.74, 6) is 0.500. The van der Waals surface area contributed by atoms with E-state index in [-0.39, 0.29) is 16.6 Å². The predicted molar refractivity (Wildman–Crippen MR) is 109 cm³/mol. The number of hydrogen-bond acceptors (Lipinski definition) is 4. The van der Waals surface area contributed by atoms with Crippen LogP contribution in [0.5, 0.6) is 5.75 Å². The maximum absolute atomic E-state index is 13.4. The first kappa shape index (κ1) is 16.3. The van der Waals surface area contributed by atoms with Crippen molar-refractivity contribution in [2.45, 2.75) is 0 Å².